The van der Waals surface area contributed by atoms with E-state index in [0.717, 1.165) is 25.5 Å². The fraction of sp³-hybridized carbons (Fsp3) is 0.941. The second-order valence-corrected chi connectivity index (χ2v) is 7.81. The Morgan fingerprint density at radius 3 is 2.62 bits per heavy atom. The van der Waals surface area contributed by atoms with Gasteiger partial charge in [0.25, 0.3) is 0 Å². The van der Waals surface area contributed by atoms with Crippen LogP contribution in [0.1, 0.15) is 38.5 Å². The van der Waals surface area contributed by atoms with E-state index in [0.29, 0.717) is 25.0 Å². The minimum Gasteiger partial charge on any atom is -0.356 e. The third kappa shape index (κ3) is 4.35. The lowest BCUT2D eigenvalue weighted by molar-refractivity contribution is -0.143. The monoisotopic (exact) mass is 346 g/mol. The van der Waals surface area contributed by atoms with Gasteiger partial charge in [0.1, 0.15) is 0 Å². The number of guanidine groups is 1. The smallest absolute Gasteiger partial charge is 0.356 e. The first-order chi connectivity index (χ1) is 11.4. The molecule has 1 unspecified atom stereocenters. The molecule has 2 saturated heterocycles. The van der Waals surface area contributed by atoms with Crippen LogP contribution in [0.3, 0.4) is 0 Å². The van der Waals surface area contributed by atoms with Crippen LogP contribution in [0.25, 0.3) is 0 Å². The Morgan fingerprint density at radius 1 is 1.21 bits per heavy atom. The van der Waals surface area contributed by atoms with Crippen molar-refractivity contribution in [2.24, 2.45) is 16.3 Å². The first-order valence-electron chi connectivity index (χ1n) is 9.14. The number of rotatable bonds is 3. The number of aliphatic imine (C=N–C) groups is 1. The SMILES string of the molecule is CN=C(NCC1CCN(CC(F)(F)F)C1)N1CCC2(CCCC2)C1. The van der Waals surface area contributed by atoms with Gasteiger partial charge in [-0.25, -0.2) is 0 Å². The minimum absolute atomic E-state index is 0.271. The van der Waals surface area contributed by atoms with E-state index in [4.69, 9.17) is 0 Å². The van der Waals surface area contributed by atoms with Crippen molar-refractivity contribution >= 4 is 5.96 Å². The summed E-state index contributed by atoms with van der Waals surface area (Å²) >= 11 is 0. The molecule has 0 amide bonds. The zero-order valence-electron chi connectivity index (χ0n) is 14.5. The molecule has 7 heteroatoms. The highest BCUT2D eigenvalue weighted by atomic mass is 19.4. The molecule has 2 heterocycles. The van der Waals surface area contributed by atoms with Crippen LogP contribution < -0.4 is 5.32 Å². The maximum absolute atomic E-state index is 12.5. The van der Waals surface area contributed by atoms with Crippen molar-refractivity contribution in [3.8, 4) is 0 Å². The predicted octanol–water partition coefficient (Wildman–Crippen LogP) is 2.71. The highest BCUT2D eigenvalue weighted by Crippen LogP contribution is 2.45. The summed E-state index contributed by atoms with van der Waals surface area (Å²) in [7, 11) is 1.80. The maximum atomic E-state index is 12.5. The molecule has 0 aromatic rings. The van der Waals surface area contributed by atoms with Crippen LogP contribution in [0.15, 0.2) is 4.99 Å². The van der Waals surface area contributed by atoms with Crippen LogP contribution >= 0.6 is 0 Å². The van der Waals surface area contributed by atoms with Gasteiger partial charge < -0.3 is 10.2 Å². The molecule has 0 aromatic carbocycles. The molecule has 138 valence electrons. The first kappa shape index (κ1) is 17.8. The minimum atomic E-state index is -4.09. The van der Waals surface area contributed by atoms with Gasteiger partial charge in [-0.1, -0.05) is 12.8 Å². The molecule has 4 nitrogen and oxygen atoms in total. The van der Waals surface area contributed by atoms with Crippen molar-refractivity contribution in [2.75, 3.05) is 46.3 Å². The Bertz CT molecular complexity index is 457. The van der Waals surface area contributed by atoms with E-state index < -0.39 is 12.7 Å². The Hall–Kier alpha value is -0.980. The lowest BCUT2D eigenvalue weighted by atomic mass is 9.86. The van der Waals surface area contributed by atoms with E-state index in [9.17, 15) is 13.2 Å². The summed E-state index contributed by atoms with van der Waals surface area (Å²) in [5.41, 5.74) is 0.495. The molecule has 0 aromatic heterocycles. The summed E-state index contributed by atoms with van der Waals surface area (Å²) in [6.07, 6.45) is 3.32. The van der Waals surface area contributed by atoms with Crippen molar-refractivity contribution in [3.63, 3.8) is 0 Å². The Morgan fingerprint density at radius 2 is 1.96 bits per heavy atom. The van der Waals surface area contributed by atoms with Crippen molar-refractivity contribution < 1.29 is 13.2 Å². The third-order valence-electron chi connectivity index (χ3n) is 5.94. The van der Waals surface area contributed by atoms with Gasteiger partial charge in [-0.05, 0) is 43.6 Å². The molecular weight excluding hydrogens is 317 g/mol. The molecule has 24 heavy (non-hydrogen) atoms. The van der Waals surface area contributed by atoms with Crippen LogP contribution in [0.2, 0.25) is 0 Å². The summed E-state index contributed by atoms with van der Waals surface area (Å²) in [6.45, 7) is 3.12. The Balaban J connectivity index is 1.44. The number of halogens is 3. The van der Waals surface area contributed by atoms with Crippen LogP contribution in [0.5, 0.6) is 0 Å². The van der Waals surface area contributed by atoms with Crippen molar-refractivity contribution in [3.05, 3.63) is 0 Å². The molecule has 0 radical (unpaired) electrons. The highest BCUT2D eigenvalue weighted by molar-refractivity contribution is 5.80. The predicted molar refractivity (Wildman–Crippen MR) is 89.1 cm³/mol. The van der Waals surface area contributed by atoms with Gasteiger partial charge in [0.15, 0.2) is 5.96 Å². The number of hydrogen-bond acceptors (Lipinski definition) is 2. The molecule has 1 N–H and O–H groups in total. The quantitative estimate of drug-likeness (QED) is 0.630. The number of hydrogen-bond donors (Lipinski definition) is 1. The fourth-order valence-electron chi connectivity index (χ4n) is 4.69. The normalized spacial score (nSPS) is 28.2. The summed E-state index contributed by atoms with van der Waals surface area (Å²) in [5, 5.41) is 3.41. The van der Waals surface area contributed by atoms with E-state index in [1.807, 2.05) is 0 Å². The van der Waals surface area contributed by atoms with E-state index in [-0.39, 0.29) is 5.92 Å². The van der Waals surface area contributed by atoms with Crippen LogP contribution in [-0.4, -0.2) is 68.3 Å². The summed E-state index contributed by atoms with van der Waals surface area (Å²) in [6, 6.07) is 0. The van der Waals surface area contributed by atoms with E-state index >= 15 is 0 Å². The zero-order valence-corrected chi connectivity index (χ0v) is 14.5. The largest absolute Gasteiger partial charge is 0.401 e. The van der Waals surface area contributed by atoms with E-state index in [2.05, 4.69) is 15.2 Å². The lowest BCUT2D eigenvalue weighted by Crippen LogP contribution is -2.43. The Kier molecular flexibility index (Phi) is 5.27. The topological polar surface area (TPSA) is 30.9 Å². The lowest BCUT2D eigenvalue weighted by Gasteiger charge is -2.26. The number of nitrogens with zero attached hydrogens (tertiary/aromatic N) is 3. The summed E-state index contributed by atoms with van der Waals surface area (Å²) < 4.78 is 37.4. The van der Waals surface area contributed by atoms with Gasteiger partial charge >= 0.3 is 6.18 Å². The van der Waals surface area contributed by atoms with Crippen LogP contribution in [0, 0.1) is 11.3 Å². The second kappa shape index (κ2) is 7.10. The van der Waals surface area contributed by atoms with Gasteiger partial charge in [0, 0.05) is 33.2 Å². The molecule has 1 spiro atoms. The van der Waals surface area contributed by atoms with Crippen molar-refractivity contribution in [1.29, 1.82) is 0 Å². The molecule has 1 aliphatic carbocycles. The van der Waals surface area contributed by atoms with Gasteiger partial charge in [-0.15, -0.1) is 0 Å². The molecule has 1 saturated carbocycles. The number of alkyl halides is 3. The van der Waals surface area contributed by atoms with Crippen LogP contribution in [0.4, 0.5) is 13.2 Å². The molecule has 3 rings (SSSR count). The van der Waals surface area contributed by atoms with Crippen molar-refractivity contribution in [1.82, 2.24) is 15.1 Å². The highest BCUT2D eigenvalue weighted by Gasteiger charge is 2.41. The molecule has 2 aliphatic heterocycles. The standard InChI is InChI=1S/C17H29F3N4/c1-21-15(24-9-7-16(12-24)5-2-3-6-16)22-10-14-4-8-23(11-14)13-17(18,19)20/h14H,2-13H2,1H3,(H,21,22). The van der Waals surface area contributed by atoms with Gasteiger partial charge in [0.05, 0.1) is 6.54 Å². The number of likely N-dealkylation sites (tertiary alicyclic amines) is 2. The summed E-state index contributed by atoms with van der Waals surface area (Å²) in [4.78, 5) is 8.26. The third-order valence-corrected chi connectivity index (χ3v) is 5.94. The average molecular weight is 346 g/mol. The van der Waals surface area contributed by atoms with Gasteiger partial charge in [-0.3, -0.25) is 9.89 Å². The molecule has 3 fully saturated rings. The Labute approximate surface area is 142 Å². The second-order valence-electron chi connectivity index (χ2n) is 7.81. The molecule has 3 aliphatic rings. The van der Waals surface area contributed by atoms with E-state index in [1.54, 1.807) is 7.05 Å². The fourth-order valence-corrected chi connectivity index (χ4v) is 4.69. The van der Waals surface area contributed by atoms with Crippen LogP contribution in [-0.2, 0) is 0 Å². The number of nitrogens with one attached hydrogen (secondary N) is 1. The molecule has 1 atom stereocenters. The van der Waals surface area contributed by atoms with Gasteiger partial charge in [-0.2, -0.15) is 13.2 Å². The molecular formula is C17H29F3N4. The van der Waals surface area contributed by atoms with E-state index in [1.165, 1.54) is 37.0 Å². The average Bonchev–Trinajstić information content (AvgIpc) is 3.22. The maximum Gasteiger partial charge on any atom is 0.401 e. The summed E-state index contributed by atoms with van der Waals surface area (Å²) in [5.74, 6) is 1.19. The van der Waals surface area contributed by atoms with Crippen molar-refractivity contribution in [2.45, 2.75) is 44.7 Å². The van der Waals surface area contributed by atoms with Gasteiger partial charge in [0.2, 0.25) is 0 Å². The first-order valence-corrected chi connectivity index (χ1v) is 9.14. The molecule has 0 bridgehead atoms. The zero-order chi connectivity index (χ0) is 17.2.